The molecular weight excluding hydrogens is 325 g/mol. The van der Waals surface area contributed by atoms with Crippen LogP contribution in [0.25, 0.3) is 11.1 Å². The second-order valence-corrected chi connectivity index (χ2v) is 4.54. The fourth-order valence-electron chi connectivity index (χ4n) is 1.53. The first-order chi connectivity index (χ1) is 11.2. The van der Waals surface area contributed by atoms with Crippen LogP contribution in [0, 0.1) is 0 Å². The minimum Gasteiger partial charge on any atom is -0.481 e. The number of carbonyl (C=O) groups is 1. The normalized spacial score (nSPS) is 10.5. The predicted molar refractivity (Wildman–Crippen MR) is 80.6 cm³/mol. The van der Waals surface area contributed by atoms with Gasteiger partial charge in [0.05, 0.1) is 0 Å². The molecule has 0 unspecified atom stereocenters. The molecule has 0 aliphatic rings. The average molecular weight is 341 g/mol. The first kappa shape index (κ1) is 19.1. The number of halogens is 3. The van der Waals surface area contributed by atoms with Crippen molar-refractivity contribution >= 4 is 11.8 Å². The highest BCUT2D eigenvalue weighted by atomic mass is 19.4. The Morgan fingerprint density at radius 3 is 2.50 bits per heavy atom. The van der Waals surface area contributed by atoms with Crippen molar-refractivity contribution in [1.29, 1.82) is 0 Å². The molecule has 0 atom stereocenters. The Balaban J connectivity index is 0.000000413. The molecule has 0 aliphatic carbocycles. The standard InChI is InChI=1S/C12H12N4O2.C3H3F3/c13-11-7-9(1-4-14-11)10-2-5-16(15-8-10)6-3-12(17)18;1-2-3(4,5)6/h1-2,4-5,7-8H,3,6H2,(H2-,13,14,17,18);2H,1H2/p+1. The molecule has 0 saturated carbocycles. The zero-order chi connectivity index (χ0) is 18.2. The first-order valence-corrected chi connectivity index (χ1v) is 6.71. The monoisotopic (exact) mass is 341 g/mol. The van der Waals surface area contributed by atoms with Gasteiger partial charge in [-0.25, -0.2) is 4.98 Å². The Labute approximate surface area is 136 Å². The summed E-state index contributed by atoms with van der Waals surface area (Å²) < 4.78 is 33.6. The number of carboxylic acids is 1. The van der Waals surface area contributed by atoms with Crippen molar-refractivity contribution in [2.24, 2.45) is 0 Å². The third-order valence-electron chi connectivity index (χ3n) is 2.67. The smallest absolute Gasteiger partial charge is 0.409 e. The molecule has 0 amide bonds. The zero-order valence-electron chi connectivity index (χ0n) is 12.6. The maximum absolute atomic E-state index is 10.7. The van der Waals surface area contributed by atoms with E-state index in [0.717, 1.165) is 11.1 Å². The molecule has 6 nitrogen and oxygen atoms in total. The van der Waals surface area contributed by atoms with Crippen LogP contribution in [0.1, 0.15) is 6.42 Å². The Hall–Kier alpha value is -2.97. The summed E-state index contributed by atoms with van der Waals surface area (Å²) in [5.74, 6) is -0.384. The van der Waals surface area contributed by atoms with Gasteiger partial charge in [0.15, 0.2) is 12.7 Å². The summed E-state index contributed by atoms with van der Waals surface area (Å²) in [6.07, 6.45) is 0.855. The second-order valence-electron chi connectivity index (χ2n) is 4.54. The van der Waals surface area contributed by atoms with Gasteiger partial charge in [-0.2, -0.15) is 13.2 Å². The van der Waals surface area contributed by atoms with Crippen molar-refractivity contribution < 1.29 is 27.8 Å². The minimum atomic E-state index is -4.19. The van der Waals surface area contributed by atoms with Gasteiger partial charge in [0.2, 0.25) is 0 Å². The second kappa shape index (κ2) is 8.61. The van der Waals surface area contributed by atoms with Gasteiger partial charge in [0, 0.05) is 23.9 Å². The van der Waals surface area contributed by atoms with Crippen molar-refractivity contribution in [3.05, 3.63) is 49.4 Å². The molecule has 0 saturated heterocycles. The lowest BCUT2D eigenvalue weighted by Gasteiger charge is -2.00. The van der Waals surface area contributed by atoms with E-state index in [2.05, 4.69) is 16.7 Å². The van der Waals surface area contributed by atoms with Crippen LogP contribution in [0.4, 0.5) is 19.0 Å². The number of rotatable bonds is 4. The zero-order valence-corrected chi connectivity index (χ0v) is 12.6. The molecule has 9 heteroatoms. The lowest BCUT2D eigenvalue weighted by atomic mass is 10.1. The Morgan fingerprint density at radius 1 is 1.38 bits per heavy atom. The number of nitrogen functional groups attached to an aromatic ring is 1. The molecule has 128 valence electrons. The number of nitrogens with zero attached hydrogens (tertiary/aromatic N) is 3. The highest BCUT2D eigenvalue weighted by molar-refractivity contribution is 5.66. The summed E-state index contributed by atoms with van der Waals surface area (Å²) in [4.78, 5) is 14.4. The molecule has 0 aromatic carbocycles. The number of aryl methyl sites for hydroxylation is 1. The number of allylic oxidation sites excluding steroid dienone is 1. The number of hydrogen-bond acceptors (Lipinski definition) is 4. The van der Waals surface area contributed by atoms with E-state index < -0.39 is 12.1 Å². The largest absolute Gasteiger partial charge is 0.481 e. The minimum absolute atomic E-state index is 0.0548. The van der Waals surface area contributed by atoms with E-state index in [9.17, 15) is 18.0 Å². The van der Waals surface area contributed by atoms with Crippen molar-refractivity contribution in [3.8, 4) is 11.1 Å². The number of aromatic nitrogens is 3. The van der Waals surface area contributed by atoms with Crippen molar-refractivity contribution in [2.75, 3.05) is 5.73 Å². The quantitative estimate of drug-likeness (QED) is 0.657. The summed E-state index contributed by atoms with van der Waals surface area (Å²) in [7, 11) is 0. The van der Waals surface area contributed by atoms with Crippen LogP contribution in [0.5, 0.6) is 0 Å². The van der Waals surface area contributed by atoms with E-state index in [0.29, 0.717) is 12.4 Å². The van der Waals surface area contributed by atoms with Crippen LogP contribution in [-0.2, 0) is 11.3 Å². The number of anilines is 1. The van der Waals surface area contributed by atoms with Gasteiger partial charge in [-0.05, 0) is 22.8 Å². The molecule has 2 heterocycles. The van der Waals surface area contributed by atoms with E-state index in [1.165, 1.54) is 0 Å². The van der Waals surface area contributed by atoms with Gasteiger partial charge in [-0.15, -0.1) is 0 Å². The summed E-state index contributed by atoms with van der Waals surface area (Å²) >= 11 is 0. The fraction of sp³-hybridized carbons (Fsp3) is 0.200. The molecule has 0 bridgehead atoms. The molecule has 0 spiro atoms. The third kappa shape index (κ3) is 7.34. The lowest BCUT2D eigenvalue weighted by Crippen LogP contribution is -2.38. The van der Waals surface area contributed by atoms with Crippen LogP contribution >= 0.6 is 0 Å². The summed E-state index contributed by atoms with van der Waals surface area (Å²) in [6, 6.07) is 5.47. The van der Waals surface area contributed by atoms with Crippen LogP contribution in [-0.4, -0.2) is 27.3 Å². The highest BCUT2D eigenvalue weighted by Gasteiger charge is 2.19. The van der Waals surface area contributed by atoms with Gasteiger partial charge in [0.1, 0.15) is 18.4 Å². The molecular formula is C15H16F3N4O2+. The number of carboxylic acid groups (broad SMARTS) is 1. The van der Waals surface area contributed by atoms with Crippen LogP contribution in [0.15, 0.2) is 49.4 Å². The first-order valence-electron chi connectivity index (χ1n) is 6.71. The maximum Gasteiger partial charge on any atom is 0.409 e. The SMILES string of the molecule is C=CC(F)(F)F.Nc1cc(-c2cc[n+](CCC(=O)O)nc2)ccn1. The van der Waals surface area contributed by atoms with E-state index in [1.807, 2.05) is 12.1 Å². The molecule has 2 aromatic rings. The van der Waals surface area contributed by atoms with Crippen molar-refractivity contribution in [1.82, 2.24) is 10.1 Å². The molecule has 24 heavy (non-hydrogen) atoms. The van der Waals surface area contributed by atoms with E-state index >= 15 is 0 Å². The van der Waals surface area contributed by atoms with Gasteiger partial charge in [0.25, 0.3) is 0 Å². The van der Waals surface area contributed by atoms with Gasteiger partial charge in [-0.3, -0.25) is 4.79 Å². The molecule has 2 rings (SSSR count). The van der Waals surface area contributed by atoms with E-state index in [1.54, 1.807) is 29.3 Å². The van der Waals surface area contributed by atoms with Gasteiger partial charge >= 0.3 is 12.1 Å². The molecule has 0 fully saturated rings. The Kier molecular flexibility index (Phi) is 6.84. The van der Waals surface area contributed by atoms with Crippen LogP contribution < -0.4 is 10.4 Å². The molecule has 2 aromatic heterocycles. The summed E-state index contributed by atoms with van der Waals surface area (Å²) in [6.45, 7) is 2.86. The van der Waals surface area contributed by atoms with E-state index in [4.69, 9.17) is 10.8 Å². The van der Waals surface area contributed by atoms with Crippen LogP contribution in [0.3, 0.4) is 0 Å². The third-order valence-corrected chi connectivity index (χ3v) is 2.67. The number of aliphatic carboxylic acids is 1. The predicted octanol–water partition coefficient (Wildman–Crippen LogP) is 2.22. The van der Waals surface area contributed by atoms with Crippen molar-refractivity contribution in [3.63, 3.8) is 0 Å². The Morgan fingerprint density at radius 2 is 2.04 bits per heavy atom. The lowest BCUT2D eigenvalue weighted by molar-refractivity contribution is -0.752. The summed E-state index contributed by atoms with van der Waals surface area (Å²) in [5, 5.41) is 12.7. The number of nitrogens with two attached hydrogens (primary N) is 1. The van der Waals surface area contributed by atoms with Gasteiger partial charge in [-0.1, -0.05) is 11.3 Å². The molecule has 3 N–H and O–H groups in total. The Bertz CT molecular complexity index is 688. The fourth-order valence-corrected chi connectivity index (χ4v) is 1.53. The summed E-state index contributed by atoms with van der Waals surface area (Å²) in [5.41, 5.74) is 7.45. The average Bonchev–Trinajstić information content (AvgIpc) is 2.53. The maximum atomic E-state index is 10.7. The molecule has 0 aliphatic heterocycles. The number of pyridine rings is 1. The highest BCUT2D eigenvalue weighted by Crippen LogP contribution is 2.17. The van der Waals surface area contributed by atoms with E-state index in [-0.39, 0.29) is 12.5 Å². The van der Waals surface area contributed by atoms with Crippen LogP contribution in [0.2, 0.25) is 0 Å². The number of hydrogen-bond donors (Lipinski definition) is 2. The topological polar surface area (TPSA) is 93.0 Å². The number of alkyl halides is 3. The van der Waals surface area contributed by atoms with Gasteiger partial charge < -0.3 is 10.8 Å². The van der Waals surface area contributed by atoms with Crippen molar-refractivity contribution in [2.45, 2.75) is 19.1 Å². The molecule has 0 radical (unpaired) electrons.